The van der Waals surface area contributed by atoms with E-state index in [1.807, 2.05) is 142 Å². The number of ketones is 4. The molecule has 4 aromatic heterocycles. The molecular weight excluding hydrogens is 1820 g/mol. The van der Waals surface area contributed by atoms with E-state index >= 15 is 0 Å². The van der Waals surface area contributed by atoms with E-state index in [9.17, 15) is 29.2 Å². The van der Waals surface area contributed by atoms with Crippen molar-refractivity contribution in [2.45, 2.75) is 246 Å². The quantitative estimate of drug-likeness (QED) is 0.0263. The lowest BCUT2D eigenvalue weighted by Crippen LogP contribution is -2.58. The second-order valence-corrected chi connectivity index (χ2v) is 44.4. The lowest BCUT2D eigenvalue weighted by Gasteiger charge is -2.46. The molecule has 8 heterocycles. The number of nitriles is 1. The van der Waals surface area contributed by atoms with Gasteiger partial charge in [-0.25, -0.2) is 9.78 Å². The number of pyridine rings is 3. The van der Waals surface area contributed by atoms with Crippen LogP contribution < -0.4 is 40.2 Å². The number of esters is 1. The molecule has 20 nitrogen and oxygen atoms in total. The standard InChI is InChI=1S/C30H33ClN2O4.2C29H33ClN2O2.C27H29ClN4O2/c1-29(2)16-19(17-30(3,4)33-29)14-25(34)20-11-13-27(23(31)15-20)37-26-9-7-6-8-22(26)21-10-12-24(32-18-21)28(35)36-5;1-19-12-22(18-31-17-19)23-8-6-7-9-26(23)34-27-11-10-21(14-24(27)30)25(33)13-20-15-28(2,3)32-29(4,5)16-20;1-19-10-11-22(18-31-19)23-8-6-7-9-26(23)34-27-13-12-21(15-24(27)30)25(33)14-20-16-28(2,3)32-29(4,5)17-20;1-26(2)12-17(13-27(3,4)32-26)10-23(33)18-8-9-25(22(28)11-18)34-24-7-5-6-20(21(24)14-29)19-15-30-31-16-19/h6-13,15,18-19,33H,14,16-17H2,1-5H3;6-12,14,17-18,20,32H,13,15-16H2,1-5H3;6-13,15,18,20,32H,14,16-17H2,1-5H3;5-9,11,15-17,32H,10,12-13H2,1-4H3,(H,30,31). The first-order chi connectivity index (χ1) is 65.5. The Morgan fingerprint density at radius 2 is 0.676 bits per heavy atom. The molecule has 0 radical (unpaired) electrons. The minimum Gasteiger partial charge on any atom is -0.464 e. The molecule has 4 fully saturated rings. The number of aromatic nitrogens is 5. The van der Waals surface area contributed by atoms with E-state index in [-0.39, 0.29) is 73.1 Å². The zero-order valence-corrected chi connectivity index (χ0v) is 86.1. The van der Waals surface area contributed by atoms with Crippen LogP contribution in [0.1, 0.15) is 257 Å². The Kier molecular flexibility index (Phi) is 33.1. The van der Waals surface area contributed by atoms with Gasteiger partial charge >= 0.3 is 5.97 Å². The molecule has 12 aromatic rings. The van der Waals surface area contributed by atoms with E-state index in [1.54, 1.807) is 97.5 Å². The summed E-state index contributed by atoms with van der Waals surface area (Å²) in [6.45, 7) is 39.1. The summed E-state index contributed by atoms with van der Waals surface area (Å²) in [7, 11) is 1.32. The molecule has 0 spiro atoms. The van der Waals surface area contributed by atoms with E-state index in [1.165, 1.54) is 7.11 Å². The Morgan fingerprint density at radius 3 is 0.978 bits per heavy atom. The van der Waals surface area contributed by atoms with Gasteiger partial charge < -0.3 is 45.0 Å². The lowest BCUT2D eigenvalue weighted by molar-refractivity contribution is 0.0592. The smallest absolute Gasteiger partial charge is 0.356 e. The van der Waals surface area contributed by atoms with Crippen LogP contribution in [0.5, 0.6) is 46.0 Å². The number of halogens is 4. The van der Waals surface area contributed by atoms with Crippen molar-refractivity contribution in [2.75, 3.05) is 7.11 Å². The average Bonchev–Trinajstić information content (AvgIpc) is 1.31. The van der Waals surface area contributed by atoms with Crippen LogP contribution in [0.15, 0.2) is 231 Å². The van der Waals surface area contributed by atoms with Crippen LogP contribution >= 0.6 is 46.4 Å². The Bertz CT molecular complexity index is 6420. The summed E-state index contributed by atoms with van der Waals surface area (Å²) in [4.78, 5) is 77.0. The summed E-state index contributed by atoms with van der Waals surface area (Å²) in [5, 5.41) is 32.7. The first-order valence-corrected chi connectivity index (χ1v) is 49.0. The van der Waals surface area contributed by atoms with Gasteiger partial charge in [0, 0.05) is 173 Å². The van der Waals surface area contributed by atoms with Gasteiger partial charge in [0.15, 0.2) is 23.1 Å². The number of ether oxygens (including phenoxy) is 5. The fourth-order valence-corrected chi connectivity index (χ4v) is 22.5. The van der Waals surface area contributed by atoms with Crippen molar-refractivity contribution in [3.63, 3.8) is 0 Å². The van der Waals surface area contributed by atoms with Gasteiger partial charge in [-0.05, 0) is 320 Å². The van der Waals surface area contributed by atoms with Gasteiger partial charge in [-0.2, -0.15) is 10.4 Å². The molecule has 4 saturated heterocycles. The number of nitrogens with one attached hydrogen (secondary N) is 5. The molecule has 0 unspecified atom stereocenters. The predicted octanol–water partition coefficient (Wildman–Crippen LogP) is 28.9. The number of hydrogen-bond donors (Lipinski definition) is 5. The highest BCUT2D eigenvalue weighted by atomic mass is 35.5. The van der Waals surface area contributed by atoms with Gasteiger partial charge in [0.2, 0.25) is 0 Å². The Morgan fingerprint density at radius 1 is 0.353 bits per heavy atom. The summed E-state index contributed by atoms with van der Waals surface area (Å²) >= 11 is 26.2. The molecule has 0 aliphatic carbocycles. The van der Waals surface area contributed by atoms with E-state index in [0.717, 1.165) is 102 Å². The van der Waals surface area contributed by atoms with Gasteiger partial charge in [0.25, 0.3) is 0 Å². The van der Waals surface area contributed by atoms with Crippen LogP contribution in [0.3, 0.4) is 0 Å². The van der Waals surface area contributed by atoms with Crippen LogP contribution in [0, 0.1) is 48.9 Å². The van der Waals surface area contributed by atoms with E-state index < -0.39 is 5.97 Å². The van der Waals surface area contributed by atoms with Gasteiger partial charge in [-0.3, -0.25) is 34.2 Å². The van der Waals surface area contributed by atoms with Gasteiger partial charge in [-0.1, -0.05) is 125 Å². The maximum Gasteiger partial charge on any atom is 0.356 e. The van der Waals surface area contributed by atoms with E-state index in [2.05, 4.69) is 169 Å². The first-order valence-electron chi connectivity index (χ1n) is 47.4. The van der Waals surface area contributed by atoms with Crippen molar-refractivity contribution in [1.82, 2.24) is 46.4 Å². The molecule has 4 aliphatic rings. The maximum absolute atomic E-state index is 13.1. The molecule has 0 bridgehead atoms. The summed E-state index contributed by atoms with van der Waals surface area (Å²) in [6.07, 6.45) is 20.2. The summed E-state index contributed by atoms with van der Waals surface area (Å²) in [5.74, 6) is 5.43. The third-order valence-corrected chi connectivity index (χ3v) is 26.6. The minimum atomic E-state index is -0.495. The van der Waals surface area contributed by atoms with Crippen LogP contribution in [0.4, 0.5) is 0 Å². The molecule has 5 N–H and O–H groups in total. The number of aromatic amines is 1. The molecule has 16 rings (SSSR count). The Balaban J connectivity index is 0.000000156. The van der Waals surface area contributed by atoms with Crippen molar-refractivity contribution in [1.29, 1.82) is 5.26 Å². The summed E-state index contributed by atoms with van der Waals surface area (Å²) in [5.41, 5.74) is 12.0. The van der Waals surface area contributed by atoms with Crippen LogP contribution in [0.25, 0.3) is 44.5 Å². The molecule has 726 valence electrons. The second-order valence-electron chi connectivity index (χ2n) is 42.8. The number of carbonyl (C=O) groups excluding carboxylic acids is 5. The van der Waals surface area contributed by atoms with E-state index in [0.29, 0.717) is 149 Å². The molecule has 8 aromatic carbocycles. The highest BCUT2D eigenvalue weighted by Gasteiger charge is 2.43. The Labute approximate surface area is 838 Å². The molecule has 24 heteroatoms. The SMILES string of the molecule is CC1(C)CC(CC(=O)c2ccc(Oc3cccc(-c4cn[nH]c4)c3C#N)c(Cl)c2)CC(C)(C)N1.COC(=O)c1ccc(-c2ccccc2Oc2ccc(C(=O)CC3CC(C)(C)NC(C)(C)C3)cc2Cl)cn1.Cc1ccc(-c2ccccc2Oc2ccc(C(=O)CC3CC(C)(C)NC(C)(C)C3)cc2Cl)cn1.Cc1cncc(-c2ccccc2Oc2ccc(C(=O)CC3CC(C)(C)NC(C)(C)C3)cc2Cl)c1. The second kappa shape index (κ2) is 44.0. The molecule has 4 aliphatic heterocycles. The number of Topliss-reactive ketones (excluding diaryl/α,β-unsaturated/α-hetero) is 4. The van der Waals surface area contributed by atoms with Crippen molar-refractivity contribution >= 4 is 75.5 Å². The highest BCUT2D eigenvalue weighted by molar-refractivity contribution is 6.33. The van der Waals surface area contributed by atoms with Crippen LogP contribution in [0.2, 0.25) is 20.1 Å². The third-order valence-electron chi connectivity index (χ3n) is 25.4. The van der Waals surface area contributed by atoms with Gasteiger partial charge in [-0.15, -0.1) is 0 Å². The topological polar surface area (TPSA) is 271 Å². The average molecular weight is 1950 g/mol. The number of para-hydroxylation sites is 3. The number of carbonyl (C=O) groups is 5. The van der Waals surface area contributed by atoms with Gasteiger partial charge in [0.1, 0.15) is 63.3 Å². The number of aryl methyl sites for hydroxylation is 2. The van der Waals surface area contributed by atoms with Crippen molar-refractivity contribution in [3.8, 4) is 96.6 Å². The summed E-state index contributed by atoms with van der Waals surface area (Å²) in [6, 6.07) is 61.1. The number of H-pyrrole nitrogens is 1. The largest absolute Gasteiger partial charge is 0.464 e. The first kappa shape index (κ1) is 105. The van der Waals surface area contributed by atoms with Crippen molar-refractivity contribution in [2.24, 2.45) is 23.7 Å². The maximum atomic E-state index is 13.1. The number of nitrogens with zero attached hydrogens (tertiary/aromatic N) is 5. The predicted molar refractivity (Wildman–Crippen MR) is 557 cm³/mol. The highest BCUT2D eigenvalue weighted by Crippen LogP contribution is 2.46. The lowest BCUT2D eigenvalue weighted by atomic mass is 9.74. The van der Waals surface area contributed by atoms with Crippen LogP contribution in [-0.4, -0.2) is 106 Å². The molecule has 0 saturated carbocycles. The monoisotopic (exact) mass is 1950 g/mol. The normalized spacial score (nSPS) is 17.1. The summed E-state index contributed by atoms with van der Waals surface area (Å²) < 4.78 is 29.3. The molecule has 0 atom stereocenters. The van der Waals surface area contributed by atoms with Crippen molar-refractivity contribution < 1.29 is 47.7 Å². The zero-order valence-electron chi connectivity index (χ0n) is 83.1. The fourth-order valence-electron chi connectivity index (χ4n) is 21.6. The number of methoxy groups -OCH3 is 1. The van der Waals surface area contributed by atoms with Crippen molar-refractivity contribution in [3.05, 3.63) is 296 Å². The van der Waals surface area contributed by atoms with Gasteiger partial charge in [0.05, 0.1) is 33.4 Å². The third kappa shape index (κ3) is 28.8. The molecule has 139 heavy (non-hydrogen) atoms. The molecular formula is C115H128Cl4N10O10. The number of piperidine rings is 4. The molecule has 0 amide bonds. The van der Waals surface area contributed by atoms with Crippen LogP contribution in [-0.2, 0) is 4.74 Å². The number of hydrogen-bond acceptors (Lipinski definition) is 19. The fraction of sp³-hybridized carbons (Fsp3) is 0.374. The zero-order chi connectivity index (χ0) is 100. The van der Waals surface area contributed by atoms with E-state index in [4.69, 9.17) is 70.1 Å². The number of rotatable bonds is 25. The minimum absolute atomic E-state index is 0.00845. The Hall–Kier alpha value is -11.7. The number of benzene rings is 8.